The number of carbonyl (C=O) groups excluding carboxylic acids is 2. The Balaban J connectivity index is 1.19. The first-order valence-corrected chi connectivity index (χ1v) is 11.6. The highest BCUT2D eigenvalue weighted by molar-refractivity contribution is 5.83. The first kappa shape index (κ1) is 21.1. The van der Waals surface area contributed by atoms with E-state index in [0.29, 0.717) is 29.0 Å². The van der Waals surface area contributed by atoms with Crippen molar-refractivity contribution >= 4 is 11.9 Å². The molecule has 168 valence electrons. The van der Waals surface area contributed by atoms with E-state index in [2.05, 4.69) is 10.3 Å². The summed E-state index contributed by atoms with van der Waals surface area (Å²) in [5.74, 6) is 1.35. The molecule has 32 heavy (non-hydrogen) atoms. The fourth-order valence-electron chi connectivity index (χ4n) is 6.54. The number of esters is 1. The zero-order chi connectivity index (χ0) is 22.1. The van der Waals surface area contributed by atoms with Gasteiger partial charge in [0.1, 0.15) is 5.82 Å². The number of nitrogens with zero attached hydrogens (tertiary/aromatic N) is 1. The number of amides is 1. The van der Waals surface area contributed by atoms with E-state index in [1.165, 1.54) is 31.4 Å². The molecule has 1 atom stereocenters. The monoisotopic (exact) mass is 436 g/mol. The van der Waals surface area contributed by atoms with Gasteiger partial charge >= 0.3 is 5.97 Å². The smallest absolute Gasteiger partial charge is 0.308 e. The normalized spacial score (nSPS) is 28.8. The predicted octanol–water partition coefficient (Wildman–Crippen LogP) is 4.58. The molecule has 4 saturated carbocycles. The van der Waals surface area contributed by atoms with Crippen molar-refractivity contribution in [3.63, 3.8) is 0 Å². The minimum Gasteiger partial charge on any atom is -0.451 e. The zero-order valence-corrected chi connectivity index (χ0v) is 18.1. The molecule has 4 aliphatic carbocycles. The van der Waals surface area contributed by atoms with Gasteiger partial charge in [0, 0.05) is 23.7 Å². The molecule has 4 fully saturated rings. The Morgan fingerprint density at radius 2 is 1.78 bits per heavy atom. The molecule has 0 saturated heterocycles. The first-order valence-electron chi connectivity index (χ1n) is 11.6. The van der Waals surface area contributed by atoms with Crippen molar-refractivity contribution < 1.29 is 18.7 Å². The van der Waals surface area contributed by atoms with Gasteiger partial charge in [-0.25, -0.2) is 4.39 Å². The Morgan fingerprint density at radius 3 is 2.41 bits per heavy atom. The van der Waals surface area contributed by atoms with Crippen LogP contribution in [0.1, 0.15) is 62.3 Å². The van der Waals surface area contributed by atoms with Gasteiger partial charge in [-0.15, -0.1) is 0 Å². The van der Waals surface area contributed by atoms with Gasteiger partial charge in [-0.2, -0.15) is 0 Å². The summed E-state index contributed by atoms with van der Waals surface area (Å²) in [5.41, 5.74) is 0.829. The molecule has 1 N–H and O–H groups in total. The third-order valence-electron chi connectivity index (χ3n) is 7.49. The number of aromatic nitrogens is 1. The van der Waals surface area contributed by atoms with Gasteiger partial charge in [-0.1, -0.05) is 18.2 Å². The molecule has 4 aliphatic rings. The Hall–Kier alpha value is -2.76. The number of rotatable bonds is 7. The van der Waals surface area contributed by atoms with E-state index in [1.807, 2.05) is 0 Å². The van der Waals surface area contributed by atoms with Gasteiger partial charge in [-0.3, -0.25) is 14.6 Å². The third-order valence-corrected chi connectivity index (χ3v) is 7.49. The van der Waals surface area contributed by atoms with Crippen LogP contribution in [0.3, 0.4) is 0 Å². The van der Waals surface area contributed by atoms with Crippen molar-refractivity contribution in [1.29, 1.82) is 0 Å². The summed E-state index contributed by atoms with van der Waals surface area (Å²) in [6.07, 6.45) is 7.73. The van der Waals surface area contributed by atoms with Gasteiger partial charge < -0.3 is 10.1 Å². The number of carbonyl (C=O) groups is 2. The van der Waals surface area contributed by atoms with Crippen molar-refractivity contribution in [2.24, 2.45) is 23.2 Å². The fraction of sp³-hybridized carbons (Fsp3) is 0.500. The molecule has 4 bridgehead atoms. The molecule has 6 rings (SSSR count). The van der Waals surface area contributed by atoms with Crippen molar-refractivity contribution in [2.45, 2.75) is 51.0 Å². The lowest BCUT2D eigenvalue weighted by Gasteiger charge is -2.55. The van der Waals surface area contributed by atoms with Crippen molar-refractivity contribution in [3.05, 3.63) is 65.7 Å². The molecule has 0 spiro atoms. The summed E-state index contributed by atoms with van der Waals surface area (Å²) in [4.78, 5) is 30.0. The van der Waals surface area contributed by atoms with Crippen molar-refractivity contribution in [2.75, 3.05) is 6.54 Å². The quantitative estimate of drug-likeness (QED) is 0.646. The Morgan fingerprint density at radius 1 is 1.06 bits per heavy atom. The minimum absolute atomic E-state index is 0.0662. The van der Waals surface area contributed by atoms with E-state index in [0.717, 1.165) is 19.3 Å². The highest BCUT2D eigenvalue weighted by Crippen LogP contribution is 2.60. The second-order valence-electron chi connectivity index (χ2n) is 9.88. The molecule has 5 nitrogen and oxygen atoms in total. The van der Waals surface area contributed by atoms with Gasteiger partial charge in [0.05, 0.1) is 12.1 Å². The van der Waals surface area contributed by atoms with Crippen LogP contribution in [0.25, 0.3) is 0 Å². The number of hydrogen-bond donors (Lipinski definition) is 1. The van der Waals surface area contributed by atoms with Crippen LogP contribution in [0.2, 0.25) is 0 Å². The standard InChI is InChI=1S/C26H29FN2O3/c27-21-5-3-4-20(13-21)24(22-6-1-2-8-28-22)32-23(30)7-9-29-25(31)26-14-17-10-18(15-26)12-19(11-17)16-26/h1-6,8,13,17-19,24H,7,9-12,14-16H2,(H,29,31). The van der Waals surface area contributed by atoms with Crippen LogP contribution in [-0.4, -0.2) is 23.4 Å². The second kappa shape index (κ2) is 8.64. The summed E-state index contributed by atoms with van der Waals surface area (Å²) in [7, 11) is 0. The van der Waals surface area contributed by atoms with Crippen LogP contribution in [0, 0.1) is 29.0 Å². The molecule has 1 heterocycles. The average molecular weight is 437 g/mol. The predicted molar refractivity (Wildman–Crippen MR) is 117 cm³/mol. The zero-order valence-electron chi connectivity index (χ0n) is 18.1. The lowest BCUT2D eigenvalue weighted by Crippen LogP contribution is -2.53. The molecule has 0 radical (unpaired) electrons. The lowest BCUT2D eigenvalue weighted by atomic mass is 9.49. The maximum absolute atomic E-state index is 13.8. The Bertz CT molecular complexity index is 958. The Labute approximate surface area is 187 Å². The van der Waals surface area contributed by atoms with E-state index in [1.54, 1.807) is 36.5 Å². The number of hydrogen-bond acceptors (Lipinski definition) is 4. The highest BCUT2D eigenvalue weighted by Gasteiger charge is 2.54. The summed E-state index contributed by atoms with van der Waals surface area (Å²) >= 11 is 0. The molecular formula is C26H29FN2O3. The summed E-state index contributed by atoms with van der Waals surface area (Å²) in [6.45, 7) is 0.248. The average Bonchev–Trinajstić information content (AvgIpc) is 2.77. The molecule has 1 aromatic carbocycles. The first-order chi connectivity index (χ1) is 15.5. The molecule has 1 unspecified atom stereocenters. The van der Waals surface area contributed by atoms with E-state index in [9.17, 15) is 14.0 Å². The van der Waals surface area contributed by atoms with E-state index in [-0.39, 0.29) is 24.3 Å². The van der Waals surface area contributed by atoms with E-state index < -0.39 is 17.9 Å². The molecule has 2 aromatic rings. The van der Waals surface area contributed by atoms with E-state index in [4.69, 9.17) is 4.74 Å². The van der Waals surface area contributed by atoms with Crippen LogP contribution in [0.4, 0.5) is 4.39 Å². The second-order valence-corrected chi connectivity index (χ2v) is 9.88. The topological polar surface area (TPSA) is 68.3 Å². The van der Waals surface area contributed by atoms with Gasteiger partial charge in [0.15, 0.2) is 6.10 Å². The highest BCUT2D eigenvalue weighted by atomic mass is 19.1. The van der Waals surface area contributed by atoms with Crippen molar-refractivity contribution in [3.8, 4) is 0 Å². The van der Waals surface area contributed by atoms with Crippen LogP contribution in [0.5, 0.6) is 0 Å². The Kier molecular flexibility index (Phi) is 5.70. The van der Waals surface area contributed by atoms with E-state index >= 15 is 0 Å². The maximum Gasteiger partial charge on any atom is 0.308 e. The maximum atomic E-state index is 13.8. The van der Waals surface area contributed by atoms with Crippen LogP contribution >= 0.6 is 0 Å². The molecule has 0 aliphatic heterocycles. The minimum atomic E-state index is -0.793. The third kappa shape index (κ3) is 4.27. The summed E-state index contributed by atoms with van der Waals surface area (Å²) in [6, 6.07) is 11.3. The van der Waals surface area contributed by atoms with Gasteiger partial charge in [-0.05, 0) is 80.5 Å². The van der Waals surface area contributed by atoms with Crippen molar-refractivity contribution in [1.82, 2.24) is 10.3 Å². The molecule has 1 aromatic heterocycles. The van der Waals surface area contributed by atoms with Crippen LogP contribution < -0.4 is 5.32 Å². The fourth-order valence-corrected chi connectivity index (χ4v) is 6.54. The van der Waals surface area contributed by atoms with Gasteiger partial charge in [0.25, 0.3) is 0 Å². The summed E-state index contributed by atoms with van der Waals surface area (Å²) in [5, 5.41) is 3.02. The summed E-state index contributed by atoms with van der Waals surface area (Å²) < 4.78 is 19.5. The van der Waals surface area contributed by atoms with Crippen LogP contribution in [-0.2, 0) is 14.3 Å². The van der Waals surface area contributed by atoms with Gasteiger partial charge in [0.2, 0.25) is 5.91 Å². The molecular weight excluding hydrogens is 407 g/mol. The number of halogens is 1. The number of ether oxygens (including phenoxy) is 1. The number of pyridine rings is 1. The lowest BCUT2D eigenvalue weighted by molar-refractivity contribution is -0.149. The molecule has 6 heteroatoms. The SMILES string of the molecule is O=C(CCNC(=O)C12CC3CC(CC(C3)C1)C2)OC(c1cccc(F)c1)c1ccccn1. The number of nitrogens with one attached hydrogen (secondary N) is 1. The molecule has 1 amide bonds. The number of benzene rings is 1. The van der Waals surface area contributed by atoms with Crippen LogP contribution in [0.15, 0.2) is 48.7 Å². The largest absolute Gasteiger partial charge is 0.451 e.